The monoisotopic (exact) mass is 592 g/mol. The number of hydrogen-bond donors (Lipinski definition) is 2. The topological polar surface area (TPSA) is 93.1 Å². The summed E-state index contributed by atoms with van der Waals surface area (Å²) in [6, 6.07) is 23.8. The van der Waals surface area contributed by atoms with E-state index in [9.17, 15) is 19.8 Å². The van der Waals surface area contributed by atoms with E-state index in [-0.39, 0.29) is 34.2 Å². The van der Waals surface area contributed by atoms with Crippen molar-refractivity contribution in [1.29, 1.82) is 0 Å². The van der Waals surface area contributed by atoms with Crippen LogP contribution in [-0.4, -0.2) is 35.0 Å². The Morgan fingerprint density at radius 3 is 1.30 bits per heavy atom. The third-order valence-electron chi connectivity index (χ3n) is 7.27. The Morgan fingerprint density at radius 2 is 0.955 bits per heavy atom. The molecule has 0 atom stereocenters. The minimum absolute atomic E-state index is 0.104. The van der Waals surface area contributed by atoms with Crippen molar-refractivity contribution in [2.45, 2.75) is 52.4 Å². The van der Waals surface area contributed by atoms with Crippen molar-refractivity contribution in [1.82, 2.24) is 0 Å². The maximum absolute atomic E-state index is 13.0. The fourth-order valence-electron chi connectivity index (χ4n) is 4.67. The van der Waals surface area contributed by atoms with Crippen molar-refractivity contribution >= 4 is 23.7 Å². The molecule has 44 heavy (non-hydrogen) atoms. The normalized spacial score (nSPS) is 11.0. The molecule has 0 saturated heterocycles. The average Bonchev–Trinajstić information content (AvgIpc) is 3.04. The summed E-state index contributed by atoms with van der Waals surface area (Å²) >= 11 is 0. The highest BCUT2D eigenvalue weighted by atomic mass is 16.5. The van der Waals surface area contributed by atoms with E-state index in [2.05, 4.69) is 13.8 Å². The number of unbranched alkanes of at least 4 members (excludes halogenated alkanes) is 4. The first-order valence-corrected chi connectivity index (χ1v) is 15.3. The molecule has 228 valence electrons. The predicted octanol–water partition coefficient (Wildman–Crippen LogP) is 8.87. The van der Waals surface area contributed by atoms with Gasteiger partial charge in [0, 0.05) is 23.3 Å². The molecule has 6 nitrogen and oxygen atoms in total. The van der Waals surface area contributed by atoms with Crippen LogP contribution in [0.15, 0.2) is 84.9 Å². The molecule has 0 fully saturated rings. The lowest BCUT2D eigenvalue weighted by molar-refractivity contribution is 0.102. The van der Waals surface area contributed by atoms with Gasteiger partial charge in [-0.25, -0.2) is 0 Å². The Labute approximate surface area is 259 Å². The summed E-state index contributed by atoms with van der Waals surface area (Å²) in [5.74, 6) is 0.347. The Kier molecular flexibility index (Phi) is 11.8. The van der Waals surface area contributed by atoms with Crippen molar-refractivity contribution in [3.05, 3.63) is 118 Å². The van der Waals surface area contributed by atoms with E-state index in [4.69, 9.17) is 9.47 Å². The Bertz CT molecular complexity index is 1450. The van der Waals surface area contributed by atoms with Crippen LogP contribution < -0.4 is 9.47 Å². The highest BCUT2D eigenvalue weighted by molar-refractivity contribution is 6.11. The van der Waals surface area contributed by atoms with Crippen molar-refractivity contribution < 1.29 is 29.3 Å². The van der Waals surface area contributed by atoms with Crippen LogP contribution in [0.2, 0.25) is 0 Å². The molecule has 0 aromatic heterocycles. The predicted molar refractivity (Wildman–Crippen MR) is 175 cm³/mol. The number of carbonyl (C=O) groups is 2. The smallest absolute Gasteiger partial charge is 0.196 e. The second-order valence-corrected chi connectivity index (χ2v) is 10.7. The molecular weight excluding hydrogens is 552 g/mol. The standard InChI is InChI=1S/C38H40O6/c1-3-5-7-23-43-31-19-21-33(35(39)25-31)37(41)29-15-11-27(12-16-29)9-10-28-13-17-30(18-14-28)38(42)34-22-20-32(26-36(34)40)44-24-8-6-4-2/h9-22,25-26,39-40H,3-8,23-24H2,1-2H3/b10-9+. The van der Waals surface area contributed by atoms with Gasteiger partial charge in [0.1, 0.15) is 23.0 Å². The van der Waals surface area contributed by atoms with Gasteiger partial charge in [0.2, 0.25) is 0 Å². The molecule has 4 aromatic rings. The van der Waals surface area contributed by atoms with Crippen LogP contribution in [-0.2, 0) is 0 Å². The zero-order valence-corrected chi connectivity index (χ0v) is 25.4. The molecule has 4 rings (SSSR count). The van der Waals surface area contributed by atoms with Crippen LogP contribution >= 0.6 is 0 Å². The second kappa shape index (κ2) is 16.1. The van der Waals surface area contributed by atoms with Gasteiger partial charge in [0.05, 0.1) is 24.3 Å². The van der Waals surface area contributed by atoms with Crippen molar-refractivity contribution in [2.75, 3.05) is 13.2 Å². The molecule has 0 unspecified atom stereocenters. The molecule has 0 spiro atoms. The summed E-state index contributed by atoms with van der Waals surface area (Å²) in [6.07, 6.45) is 10.1. The van der Waals surface area contributed by atoms with Crippen molar-refractivity contribution in [3.8, 4) is 23.0 Å². The van der Waals surface area contributed by atoms with Gasteiger partial charge >= 0.3 is 0 Å². The van der Waals surface area contributed by atoms with Crippen molar-refractivity contribution in [3.63, 3.8) is 0 Å². The summed E-state index contributed by atoms with van der Waals surface area (Å²) in [4.78, 5) is 26.0. The van der Waals surface area contributed by atoms with Crippen LogP contribution in [0.5, 0.6) is 23.0 Å². The quantitative estimate of drug-likeness (QED) is 0.0767. The number of rotatable bonds is 16. The highest BCUT2D eigenvalue weighted by Gasteiger charge is 2.16. The number of carbonyl (C=O) groups excluding carboxylic acids is 2. The first-order chi connectivity index (χ1) is 21.4. The van der Waals surface area contributed by atoms with E-state index in [0.29, 0.717) is 35.8 Å². The van der Waals surface area contributed by atoms with Crippen LogP contribution in [0, 0.1) is 0 Å². The molecule has 0 amide bonds. The number of aromatic hydroxyl groups is 2. The molecule has 0 radical (unpaired) electrons. The van der Waals surface area contributed by atoms with Crippen molar-refractivity contribution in [2.24, 2.45) is 0 Å². The first kappa shape index (κ1) is 32.1. The zero-order valence-electron chi connectivity index (χ0n) is 25.4. The van der Waals surface area contributed by atoms with Gasteiger partial charge in [-0.2, -0.15) is 0 Å². The Balaban J connectivity index is 1.34. The number of ether oxygens (including phenoxy) is 2. The lowest BCUT2D eigenvalue weighted by Crippen LogP contribution is -2.03. The SMILES string of the molecule is CCCCCOc1ccc(C(=O)c2ccc(/C=C/c3ccc(C(=O)c4ccc(OCCCCC)cc4O)cc3)cc2)c(O)c1. The van der Waals surface area contributed by atoms with E-state index in [1.807, 2.05) is 36.4 Å². The Hall–Kier alpha value is -4.84. The van der Waals surface area contributed by atoms with Gasteiger partial charge in [0.15, 0.2) is 11.6 Å². The molecule has 4 aromatic carbocycles. The number of ketones is 2. The lowest BCUT2D eigenvalue weighted by Gasteiger charge is -2.09. The molecule has 0 saturated carbocycles. The van der Waals surface area contributed by atoms with Gasteiger partial charge in [0.25, 0.3) is 0 Å². The number of phenolic OH excluding ortho intramolecular Hbond substituents is 2. The molecule has 0 heterocycles. The van der Waals surface area contributed by atoms with Crippen LogP contribution in [0.4, 0.5) is 0 Å². The minimum Gasteiger partial charge on any atom is -0.507 e. The maximum Gasteiger partial charge on any atom is 0.196 e. The van der Waals surface area contributed by atoms with Crippen LogP contribution in [0.25, 0.3) is 12.2 Å². The van der Waals surface area contributed by atoms with Gasteiger partial charge in [-0.1, -0.05) is 100 Å². The third-order valence-corrected chi connectivity index (χ3v) is 7.27. The molecule has 2 N–H and O–H groups in total. The summed E-state index contributed by atoms with van der Waals surface area (Å²) in [6.45, 7) is 5.40. The third kappa shape index (κ3) is 8.83. The van der Waals surface area contributed by atoms with Gasteiger partial charge in [-0.3, -0.25) is 9.59 Å². The lowest BCUT2D eigenvalue weighted by atomic mass is 10.00. The first-order valence-electron chi connectivity index (χ1n) is 15.3. The number of hydrogen-bond acceptors (Lipinski definition) is 6. The fourth-order valence-corrected chi connectivity index (χ4v) is 4.67. The molecule has 0 aliphatic heterocycles. The Morgan fingerprint density at radius 1 is 0.568 bits per heavy atom. The van der Waals surface area contributed by atoms with E-state index in [1.54, 1.807) is 48.5 Å². The summed E-state index contributed by atoms with van der Waals surface area (Å²) < 4.78 is 11.3. The largest absolute Gasteiger partial charge is 0.507 e. The zero-order chi connectivity index (χ0) is 31.3. The molecule has 0 aliphatic rings. The molecule has 0 bridgehead atoms. The highest BCUT2D eigenvalue weighted by Crippen LogP contribution is 2.28. The van der Waals surface area contributed by atoms with E-state index < -0.39 is 0 Å². The van der Waals surface area contributed by atoms with Gasteiger partial charge in [-0.15, -0.1) is 0 Å². The van der Waals surface area contributed by atoms with Gasteiger partial charge in [-0.05, 0) is 48.2 Å². The molecule has 6 heteroatoms. The van der Waals surface area contributed by atoms with Crippen LogP contribution in [0.3, 0.4) is 0 Å². The molecular formula is C38H40O6. The second-order valence-electron chi connectivity index (χ2n) is 10.7. The maximum atomic E-state index is 13.0. The van der Waals surface area contributed by atoms with E-state index in [1.165, 1.54) is 12.1 Å². The summed E-state index contributed by atoms with van der Waals surface area (Å²) in [5, 5.41) is 20.9. The number of benzene rings is 4. The van der Waals surface area contributed by atoms with E-state index in [0.717, 1.165) is 49.7 Å². The summed E-state index contributed by atoms with van der Waals surface area (Å²) in [5.41, 5.74) is 3.17. The average molecular weight is 593 g/mol. The van der Waals surface area contributed by atoms with E-state index >= 15 is 0 Å². The fraction of sp³-hybridized carbons (Fsp3) is 0.263. The summed E-state index contributed by atoms with van der Waals surface area (Å²) in [7, 11) is 0. The van der Waals surface area contributed by atoms with Gasteiger partial charge < -0.3 is 19.7 Å². The number of phenols is 2. The van der Waals surface area contributed by atoms with Crippen LogP contribution in [0.1, 0.15) is 95.3 Å². The molecule has 0 aliphatic carbocycles. The minimum atomic E-state index is -0.268.